The normalized spacial score (nSPS) is 18.3. The molecule has 0 aromatic heterocycles. The van der Waals surface area contributed by atoms with Gasteiger partial charge in [0, 0.05) is 30.9 Å². The van der Waals surface area contributed by atoms with Crippen molar-refractivity contribution in [1.29, 1.82) is 5.26 Å². The number of anilines is 1. The number of hydrogen-bond acceptors (Lipinski definition) is 5. The van der Waals surface area contributed by atoms with E-state index in [0.29, 0.717) is 36.3 Å². The Labute approximate surface area is 253 Å². The molecule has 0 saturated heterocycles. The second kappa shape index (κ2) is 12.9. The summed E-state index contributed by atoms with van der Waals surface area (Å²) in [5, 5.41) is 20.3. The number of carbonyl (C=O) groups excluding carboxylic acids is 1. The maximum absolute atomic E-state index is 13.1. The predicted molar refractivity (Wildman–Crippen MR) is 169 cm³/mol. The Balaban J connectivity index is 1.27. The van der Waals surface area contributed by atoms with Crippen LogP contribution in [0.3, 0.4) is 0 Å². The summed E-state index contributed by atoms with van der Waals surface area (Å²) in [4.78, 5) is 18.8. The summed E-state index contributed by atoms with van der Waals surface area (Å²) >= 11 is 0. The number of Topliss-reactive ketones (excluding diaryl/α,β-unsaturated/α-hetero) is 1. The van der Waals surface area contributed by atoms with E-state index in [1.807, 2.05) is 78.9 Å². The van der Waals surface area contributed by atoms with Crippen LogP contribution in [0.25, 0.3) is 16.0 Å². The minimum absolute atomic E-state index is 0.0390. The fourth-order valence-electron chi connectivity index (χ4n) is 5.97. The van der Waals surface area contributed by atoms with E-state index in [1.54, 1.807) is 0 Å². The highest BCUT2D eigenvalue weighted by molar-refractivity contribution is 6.39. The summed E-state index contributed by atoms with van der Waals surface area (Å²) in [6, 6.07) is 17.6. The average molecular weight is 572 g/mol. The van der Waals surface area contributed by atoms with Crippen LogP contribution in [0.1, 0.15) is 50.0 Å². The maximum atomic E-state index is 13.1. The Bertz CT molecular complexity index is 1680. The Morgan fingerprint density at radius 3 is 2.37 bits per heavy atom. The Hall–Kier alpha value is -4.98. The number of allylic oxidation sites excluding steroid dienone is 8. The molecule has 5 rings (SSSR count). The number of ketones is 1. The third kappa shape index (κ3) is 5.60. The monoisotopic (exact) mass is 571 g/mol. The zero-order valence-electron chi connectivity index (χ0n) is 24.8. The first kappa shape index (κ1) is 29.5. The van der Waals surface area contributed by atoms with Crippen LogP contribution in [0.15, 0.2) is 95.4 Å². The molecule has 43 heavy (non-hydrogen) atoms. The summed E-state index contributed by atoms with van der Waals surface area (Å²) < 4.78 is 8.47. The molecule has 1 atom stereocenters. The van der Waals surface area contributed by atoms with Gasteiger partial charge in [-0.05, 0) is 79.3 Å². The van der Waals surface area contributed by atoms with E-state index < -0.39 is 0 Å². The largest absolute Gasteiger partial charge is 0.506 e. The van der Waals surface area contributed by atoms with Crippen LogP contribution >= 0.6 is 0 Å². The third-order valence-electron chi connectivity index (χ3n) is 8.32. The Morgan fingerprint density at radius 2 is 1.77 bits per heavy atom. The smallest absolute Gasteiger partial charge is 0.265 e. The van der Waals surface area contributed by atoms with Gasteiger partial charge >= 0.3 is 0 Å². The van der Waals surface area contributed by atoms with Gasteiger partial charge in [-0.1, -0.05) is 36.4 Å². The van der Waals surface area contributed by atoms with E-state index in [2.05, 4.69) is 35.1 Å². The first-order valence-corrected chi connectivity index (χ1v) is 14.7. The van der Waals surface area contributed by atoms with E-state index in [0.717, 1.165) is 53.3 Å². The molecular formula is C36H35N4O3+. The molecule has 216 valence electrons. The van der Waals surface area contributed by atoms with Crippen LogP contribution in [0.2, 0.25) is 0 Å². The van der Waals surface area contributed by atoms with Gasteiger partial charge in [0.05, 0.1) is 29.9 Å². The van der Waals surface area contributed by atoms with E-state index >= 15 is 0 Å². The van der Waals surface area contributed by atoms with Crippen molar-refractivity contribution in [1.82, 2.24) is 0 Å². The van der Waals surface area contributed by atoms with Crippen molar-refractivity contribution in [2.24, 2.45) is 0 Å². The maximum Gasteiger partial charge on any atom is 0.265 e. The number of benzene rings is 2. The number of nitriles is 1. The van der Waals surface area contributed by atoms with E-state index in [-0.39, 0.29) is 23.3 Å². The molecule has 0 spiro atoms. The van der Waals surface area contributed by atoms with E-state index in [1.165, 1.54) is 0 Å². The predicted octanol–water partition coefficient (Wildman–Crippen LogP) is 6.60. The van der Waals surface area contributed by atoms with Crippen LogP contribution in [0.4, 0.5) is 5.69 Å². The number of aliphatic hydroxyl groups is 1. The van der Waals surface area contributed by atoms with Gasteiger partial charge in [0.2, 0.25) is 5.78 Å². The number of rotatable bonds is 9. The molecule has 2 aromatic rings. The van der Waals surface area contributed by atoms with E-state index in [4.69, 9.17) is 11.3 Å². The van der Waals surface area contributed by atoms with Gasteiger partial charge in [0.25, 0.3) is 5.70 Å². The Kier molecular flexibility index (Phi) is 8.85. The molecule has 0 fully saturated rings. The molecule has 0 aliphatic heterocycles. The number of ether oxygens (including phenoxy) is 1. The van der Waals surface area contributed by atoms with Gasteiger partial charge in [0.15, 0.2) is 12.3 Å². The molecule has 0 bridgehead atoms. The summed E-state index contributed by atoms with van der Waals surface area (Å²) in [6.45, 7) is 17.3. The van der Waals surface area contributed by atoms with Crippen molar-refractivity contribution < 1.29 is 19.2 Å². The lowest BCUT2D eigenvalue weighted by molar-refractivity contribution is -0.526. The molecule has 3 aliphatic carbocycles. The molecule has 0 amide bonds. The summed E-state index contributed by atoms with van der Waals surface area (Å²) in [5.41, 5.74) is 7.01. The zero-order chi connectivity index (χ0) is 30.5. The average Bonchev–Trinajstić information content (AvgIpc) is 3.40. The van der Waals surface area contributed by atoms with Gasteiger partial charge in [-0.2, -0.15) is 0 Å². The molecule has 1 unspecified atom stereocenters. The number of likely N-dealkylation sites (N-methyl/N-ethyl adjacent to an activating group) is 1. The molecule has 0 radical (unpaired) electrons. The molecule has 0 heterocycles. The lowest BCUT2D eigenvalue weighted by Crippen LogP contribution is -2.25. The topological polar surface area (TPSA) is 80.9 Å². The molecular weight excluding hydrogens is 536 g/mol. The van der Waals surface area contributed by atoms with Gasteiger partial charge in [0.1, 0.15) is 18.9 Å². The molecule has 2 aromatic carbocycles. The molecule has 7 heteroatoms. The summed E-state index contributed by atoms with van der Waals surface area (Å²) in [5.74, 6) is -0.109. The molecule has 7 nitrogen and oxygen atoms in total. The highest BCUT2D eigenvalue weighted by Crippen LogP contribution is 2.43. The number of nitrogens with zero attached hydrogens (tertiary/aromatic N) is 4. The fourth-order valence-corrected chi connectivity index (χ4v) is 5.97. The summed E-state index contributed by atoms with van der Waals surface area (Å²) in [6.07, 6.45) is 7.99. The lowest BCUT2D eigenvalue weighted by Gasteiger charge is -2.25. The van der Waals surface area contributed by atoms with Crippen molar-refractivity contribution in [3.63, 3.8) is 0 Å². The minimum atomic E-state index is -0.198. The second-order valence-electron chi connectivity index (χ2n) is 10.5. The number of carbonyl (C=O) groups is 1. The van der Waals surface area contributed by atoms with Crippen molar-refractivity contribution in [2.45, 2.75) is 33.3 Å². The molecule has 0 saturated carbocycles. The zero-order valence-corrected chi connectivity index (χ0v) is 24.8. The van der Waals surface area contributed by atoms with Gasteiger partial charge in [-0.15, -0.1) is 0 Å². The van der Waals surface area contributed by atoms with Crippen LogP contribution in [-0.4, -0.2) is 54.0 Å². The number of hydrogen-bond donors (Lipinski definition) is 1. The third-order valence-corrected chi connectivity index (χ3v) is 8.32. The summed E-state index contributed by atoms with van der Waals surface area (Å²) in [7, 11) is 0. The van der Waals surface area contributed by atoms with Crippen LogP contribution in [0, 0.1) is 17.9 Å². The lowest BCUT2D eigenvalue weighted by atomic mass is 9.80. The Morgan fingerprint density at radius 1 is 1.07 bits per heavy atom. The standard InChI is InChI=1S/C36H34N4O3/c1-5-39(6-2)26-16-12-24(13-17-26)33-35(41)34(36(33)42)25-14-18-27(19-15-25)40(7-3)20-21-43-32-22-30(31(23-37)38-4)28-10-8-9-11-29(28)32/h8-19,32H,5-7,20-22H2,1-3H3/p+1/b31-30+. The quantitative estimate of drug-likeness (QED) is 0.159. The fraction of sp³-hybridized carbons (Fsp3) is 0.278. The highest BCUT2D eigenvalue weighted by atomic mass is 16.5. The van der Waals surface area contributed by atoms with Crippen LogP contribution < -0.4 is 4.90 Å². The molecule has 1 N–H and O–H groups in total. The van der Waals surface area contributed by atoms with Gasteiger partial charge in [-0.3, -0.25) is 4.79 Å². The minimum Gasteiger partial charge on any atom is -0.506 e. The van der Waals surface area contributed by atoms with Crippen LogP contribution in [0.5, 0.6) is 0 Å². The second-order valence-corrected chi connectivity index (χ2v) is 10.5. The van der Waals surface area contributed by atoms with E-state index in [9.17, 15) is 15.2 Å². The first-order valence-electron chi connectivity index (χ1n) is 14.7. The van der Waals surface area contributed by atoms with Gasteiger partial charge < -0.3 is 14.7 Å². The number of fused-ring (bicyclic) bond motifs is 1. The SMILES string of the molecule is [C-]#[N+]/C(C#N)=C1\CC(OCC[N+](CC)=C2C=CC(=C3C(=O)C(c4ccc(N(CC)CC)cc4)=C3O)C=C2)c2ccccc21. The highest BCUT2D eigenvalue weighted by Gasteiger charge is 2.36. The number of aliphatic hydroxyl groups excluding tert-OH is 1. The van der Waals surface area contributed by atoms with Crippen molar-refractivity contribution in [3.05, 3.63) is 124 Å². The van der Waals surface area contributed by atoms with Crippen molar-refractivity contribution >= 4 is 28.3 Å². The van der Waals surface area contributed by atoms with Gasteiger partial charge in [-0.25, -0.2) is 14.7 Å². The molecule has 3 aliphatic rings. The van der Waals surface area contributed by atoms with Crippen molar-refractivity contribution in [2.75, 3.05) is 37.7 Å². The van der Waals surface area contributed by atoms with Crippen LogP contribution in [-0.2, 0) is 9.53 Å². The van der Waals surface area contributed by atoms with Crippen molar-refractivity contribution in [3.8, 4) is 6.07 Å². The first-order chi connectivity index (χ1) is 20.9.